The Bertz CT molecular complexity index is 676. The second kappa shape index (κ2) is 5.81. The predicted octanol–water partition coefficient (Wildman–Crippen LogP) is 0.339. The molecule has 0 saturated carbocycles. The summed E-state index contributed by atoms with van der Waals surface area (Å²) in [5.41, 5.74) is 14.7. The molecule has 0 radical (unpaired) electrons. The molecule has 6 N–H and O–H groups in total. The van der Waals surface area contributed by atoms with Gasteiger partial charge in [-0.05, 0) is 19.4 Å². The van der Waals surface area contributed by atoms with Gasteiger partial charge in [0.1, 0.15) is 11.3 Å². The molecule has 0 bridgehead atoms. The number of aryl methyl sites for hydroxylation is 1. The summed E-state index contributed by atoms with van der Waals surface area (Å²) in [6.07, 6.45) is 0. The Labute approximate surface area is 118 Å². The number of nitrogens with two attached hydrogens (primary N) is 3. The van der Waals surface area contributed by atoms with Gasteiger partial charge in [-0.15, -0.1) is 0 Å². The van der Waals surface area contributed by atoms with Crippen molar-refractivity contribution in [2.24, 2.45) is 27.2 Å². The molecular formula is C10H13N7O4. The van der Waals surface area contributed by atoms with E-state index < -0.39 is 21.5 Å². The van der Waals surface area contributed by atoms with Crippen LogP contribution in [-0.4, -0.2) is 21.8 Å². The van der Waals surface area contributed by atoms with Crippen molar-refractivity contribution in [2.75, 3.05) is 0 Å². The summed E-state index contributed by atoms with van der Waals surface area (Å²) >= 11 is 0. The molecule has 0 aliphatic heterocycles. The molecule has 0 heterocycles. The first kappa shape index (κ1) is 15.8. The van der Waals surface area contributed by atoms with Crippen LogP contribution in [0, 0.1) is 34.1 Å². The van der Waals surface area contributed by atoms with E-state index in [1.807, 2.05) is 0 Å². The van der Waals surface area contributed by atoms with Gasteiger partial charge >= 0.3 is 5.69 Å². The van der Waals surface area contributed by atoms with Crippen LogP contribution in [0.5, 0.6) is 0 Å². The number of nitro benzene ring substituents is 2. The highest BCUT2D eigenvalue weighted by atomic mass is 16.6. The van der Waals surface area contributed by atoms with Gasteiger partial charge in [0.05, 0.1) is 9.85 Å². The van der Waals surface area contributed by atoms with E-state index in [1.165, 1.54) is 19.9 Å². The zero-order chi connectivity index (χ0) is 16.3. The molecule has 0 unspecified atom stereocenters. The van der Waals surface area contributed by atoms with E-state index in [0.29, 0.717) is 0 Å². The average molecular weight is 295 g/mol. The summed E-state index contributed by atoms with van der Waals surface area (Å²) in [5.74, 6) is -0.760. The van der Waals surface area contributed by atoms with Crippen LogP contribution in [0.4, 0.5) is 17.1 Å². The van der Waals surface area contributed by atoms with Gasteiger partial charge in [0, 0.05) is 6.07 Å². The number of hydrogen-bond acceptors (Lipinski definition) is 5. The molecule has 0 aromatic heterocycles. The van der Waals surface area contributed by atoms with Crippen LogP contribution in [0.1, 0.15) is 11.1 Å². The molecular weight excluding hydrogens is 282 g/mol. The van der Waals surface area contributed by atoms with Crippen LogP contribution in [-0.2, 0) is 0 Å². The second-order valence-corrected chi connectivity index (χ2v) is 4.06. The number of benzene rings is 1. The monoisotopic (exact) mass is 295 g/mol. The number of nitro groups is 2. The molecule has 21 heavy (non-hydrogen) atoms. The Morgan fingerprint density at radius 1 is 1.14 bits per heavy atom. The Morgan fingerprint density at radius 3 is 2.14 bits per heavy atom. The highest BCUT2D eigenvalue weighted by Gasteiger charge is 2.28. The highest BCUT2D eigenvalue weighted by molar-refractivity contribution is 5.94. The molecule has 0 fully saturated rings. The molecule has 0 amide bonds. The van der Waals surface area contributed by atoms with Crippen LogP contribution >= 0.6 is 0 Å². The molecule has 11 nitrogen and oxygen atoms in total. The van der Waals surface area contributed by atoms with Crippen LogP contribution in [0.25, 0.3) is 0 Å². The van der Waals surface area contributed by atoms with E-state index in [-0.39, 0.29) is 28.5 Å². The summed E-state index contributed by atoms with van der Waals surface area (Å²) in [7, 11) is 0. The van der Waals surface area contributed by atoms with Crippen molar-refractivity contribution in [3.05, 3.63) is 37.4 Å². The number of aliphatic imine (C=N–C) groups is 2. The third-order valence-corrected chi connectivity index (χ3v) is 2.54. The Morgan fingerprint density at radius 2 is 1.71 bits per heavy atom. The van der Waals surface area contributed by atoms with Gasteiger partial charge in [0.15, 0.2) is 5.96 Å². The molecule has 0 spiro atoms. The van der Waals surface area contributed by atoms with Crippen molar-refractivity contribution in [1.29, 1.82) is 0 Å². The summed E-state index contributed by atoms with van der Waals surface area (Å²) in [5, 5.41) is 22.1. The van der Waals surface area contributed by atoms with Gasteiger partial charge in [-0.1, -0.05) is 0 Å². The Balaban J connectivity index is 3.67. The summed E-state index contributed by atoms with van der Waals surface area (Å²) < 4.78 is 0. The lowest BCUT2D eigenvalue weighted by molar-refractivity contribution is -0.394. The molecule has 1 rings (SSSR count). The standard InChI is InChI=1S/C10H13N7O4/c1-4-3-6(16(18)19)5(2)8(17(20)21)7(4)14-10(13)15-9(11)12/h3H,1-2H3,(H6,11,12,13,14,15). The molecule has 0 atom stereocenters. The maximum Gasteiger partial charge on any atom is 0.304 e. The van der Waals surface area contributed by atoms with E-state index in [0.717, 1.165) is 0 Å². The highest BCUT2D eigenvalue weighted by Crippen LogP contribution is 2.39. The minimum Gasteiger partial charge on any atom is -0.370 e. The van der Waals surface area contributed by atoms with Crippen molar-refractivity contribution in [1.82, 2.24) is 0 Å². The molecule has 0 saturated heterocycles. The van der Waals surface area contributed by atoms with E-state index >= 15 is 0 Å². The fourth-order valence-corrected chi connectivity index (χ4v) is 1.69. The zero-order valence-electron chi connectivity index (χ0n) is 11.2. The van der Waals surface area contributed by atoms with E-state index in [1.54, 1.807) is 0 Å². The van der Waals surface area contributed by atoms with Crippen molar-refractivity contribution in [3.63, 3.8) is 0 Å². The minimum absolute atomic E-state index is 0.133. The number of guanidine groups is 2. The third-order valence-electron chi connectivity index (χ3n) is 2.54. The predicted molar refractivity (Wildman–Crippen MR) is 76.3 cm³/mol. The van der Waals surface area contributed by atoms with Crippen LogP contribution in [0.2, 0.25) is 0 Å². The molecule has 0 aliphatic carbocycles. The van der Waals surface area contributed by atoms with Crippen molar-refractivity contribution in [2.45, 2.75) is 13.8 Å². The van der Waals surface area contributed by atoms with Gasteiger partial charge in [0.25, 0.3) is 5.69 Å². The Hall–Kier alpha value is -3.24. The summed E-state index contributed by atoms with van der Waals surface area (Å²) in [4.78, 5) is 27.8. The number of hydrogen-bond donors (Lipinski definition) is 3. The van der Waals surface area contributed by atoms with Gasteiger partial charge < -0.3 is 17.2 Å². The maximum atomic E-state index is 11.2. The van der Waals surface area contributed by atoms with Gasteiger partial charge in [-0.25, -0.2) is 4.99 Å². The second-order valence-electron chi connectivity index (χ2n) is 4.06. The van der Waals surface area contributed by atoms with E-state index in [2.05, 4.69) is 9.98 Å². The van der Waals surface area contributed by atoms with Crippen molar-refractivity contribution >= 4 is 29.0 Å². The number of nitrogens with zero attached hydrogens (tertiary/aromatic N) is 4. The molecule has 1 aromatic carbocycles. The number of rotatable bonds is 3. The summed E-state index contributed by atoms with van der Waals surface area (Å²) in [6, 6.07) is 1.17. The van der Waals surface area contributed by atoms with Crippen LogP contribution in [0.3, 0.4) is 0 Å². The maximum absolute atomic E-state index is 11.2. The zero-order valence-corrected chi connectivity index (χ0v) is 11.2. The van der Waals surface area contributed by atoms with Gasteiger partial charge in [-0.2, -0.15) is 4.99 Å². The smallest absolute Gasteiger partial charge is 0.304 e. The molecule has 1 aromatic rings. The fourth-order valence-electron chi connectivity index (χ4n) is 1.69. The van der Waals surface area contributed by atoms with Crippen LogP contribution in [0.15, 0.2) is 16.1 Å². The minimum atomic E-state index is -0.767. The van der Waals surface area contributed by atoms with Crippen molar-refractivity contribution < 1.29 is 9.85 Å². The van der Waals surface area contributed by atoms with Gasteiger partial charge in [0.2, 0.25) is 5.96 Å². The lowest BCUT2D eigenvalue weighted by Crippen LogP contribution is -2.26. The fraction of sp³-hybridized carbons (Fsp3) is 0.200. The van der Waals surface area contributed by atoms with E-state index in [9.17, 15) is 20.2 Å². The normalized spacial score (nSPS) is 11.0. The lowest BCUT2D eigenvalue weighted by atomic mass is 10.1. The van der Waals surface area contributed by atoms with Crippen LogP contribution < -0.4 is 17.2 Å². The Kier molecular flexibility index (Phi) is 4.38. The molecule has 0 aliphatic rings. The molecule has 11 heteroatoms. The van der Waals surface area contributed by atoms with Gasteiger partial charge in [-0.3, -0.25) is 20.2 Å². The summed E-state index contributed by atoms with van der Waals surface area (Å²) in [6.45, 7) is 2.69. The molecule has 112 valence electrons. The lowest BCUT2D eigenvalue weighted by Gasteiger charge is -2.06. The topological polar surface area (TPSA) is 189 Å². The quantitative estimate of drug-likeness (QED) is 0.310. The first-order valence-electron chi connectivity index (χ1n) is 5.52. The van der Waals surface area contributed by atoms with E-state index in [4.69, 9.17) is 17.2 Å². The van der Waals surface area contributed by atoms with Crippen molar-refractivity contribution in [3.8, 4) is 0 Å². The first-order valence-corrected chi connectivity index (χ1v) is 5.52. The third kappa shape index (κ3) is 3.40. The largest absolute Gasteiger partial charge is 0.370 e. The first-order chi connectivity index (χ1) is 9.65. The average Bonchev–Trinajstić information content (AvgIpc) is 2.31. The SMILES string of the molecule is Cc1cc([N+](=O)[O-])c(C)c([N+](=O)[O-])c1N=C(N)N=C(N)N.